The van der Waals surface area contributed by atoms with E-state index in [1.54, 1.807) is 18.6 Å². The molecule has 0 saturated heterocycles. The second-order valence-electron chi connectivity index (χ2n) is 4.67. The van der Waals surface area contributed by atoms with E-state index in [0.717, 1.165) is 24.4 Å². The summed E-state index contributed by atoms with van der Waals surface area (Å²) in [7, 11) is 0. The molecule has 106 valence electrons. The molecule has 0 saturated carbocycles. The van der Waals surface area contributed by atoms with Crippen LogP contribution >= 0.6 is 0 Å². The molecular formula is C15H20N4O. The Balaban J connectivity index is 1.76. The van der Waals surface area contributed by atoms with Crippen molar-refractivity contribution in [1.29, 1.82) is 0 Å². The topological polar surface area (TPSA) is 59.8 Å². The molecule has 0 unspecified atom stereocenters. The van der Waals surface area contributed by atoms with Gasteiger partial charge in [-0.1, -0.05) is 13.0 Å². The molecule has 2 aromatic rings. The van der Waals surface area contributed by atoms with Crippen LogP contribution in [0.4, 0.5) is 0 Å². The first-order valence-corrected chi connectivity index (χ1v) is 6.95. The summed E-state index contributed by atoms with van der Waals surface area (Å²) in [4.78, 5) is 20.1. The number of imidazole rings is 1. The third-order valence-electron chi connectivity index (χ3n) is 3.07. The van der Waals surface area contributed by atoms with Crippen LogP contribution in [0.3, 0.4) is 0 Å². The highest BCUT2D eigenvalue weighted by Crippen LogP contribution is 2.02. The van der Waals surface area contributed by atoms with Crippen molar-refractivity contribution in [3.05, 3.63) is 48.3 Å². The molecule has 0 fully saturated rings. The average Bonchev–Trinajstić information content (AvgIpc) is 2.92. The van der Waals surface area contributed by atoms with E-state index in [2.05, 4.69) is 26.8 Å². The molecule has 0 bridgehead atoms. The number of nitrogens with zero attached hydrogens (tertiary/aromatic N) is 3. The Hall–Kier alpha value is -2.17. The van der Waals surface area contributed by atoms with Gasteiger partial charge in [0.15, 0.2) is 0 Å². The first-order valence-electron chi connectivity index (χ1n) is 6.95. The van der Waals surface area contributed by atoms with E-state index in [9.17, 15) is 4.79 Å². The molecule has 0 radical (unpaired) electrons. The van der Waals surface area contributed by atoms with Crippen molar-refractivity contribution in [3.63, 3.8) is 0 Å². The highest BCUT2D eigenvalue weighted by Gasteiger charge is 2.05. The lowest BCUT2D eigenvalue weighted by Crippen LogP contribution is -2.25. The zero-order valence-corrected chi connectivity index (χ0v) is 11.7. The van der Waals surface area contributed by atoms with Crippen LogP contribution in [0.25, 0.3) is 0 Å². The second-order valence-corrected chi connectivity index (χ2v) is 4.67. The van der Waals surface area contributed by atoms with Crippen LogP contribution in [0.2, 0.25) is 0 Å². The number of aromatic nitrogens is 3. The normalized spacial score (nSPS) is 10.4. The summed E-state index contributed by atoms with van der Waals surface area (Å²) in [6.45, 7) is 3.54. The zero-order chi connectivity index (χ0) is 14.2. The molecule has 0 atom stereocenters. The number of nitrogens with one attached hydrogen (secondary N) is 1. The number of rotatable bonds is 7. The molecule has 5 nitrogen and oxygen atoms in total. The molecular weight excluding hydrogens is 252 g/mol. The van der Waals surface area contributed by atoms with Gasteiger partial charge in [-0.3, -0.25) is 9.78 Å². The predicted octanol–water partition coefficient (Wildman–Crippen LogP) is 1.94. The molecule has 0 aliphatic rings. The van der Waals surface area contributed by atoms with E-state index < -0.39 is 0 Å². The number of hydrogen-bond donors (Lipinski definition) is 1. The van der Waals surface area contributed by atoms with E-state index in [1.165, 1.54) is 0 Å². The number of carbonyl (C=O) groups excluding carboxylic acids is 1. The minimum Gasteiger partial charge on any atom is -0.349 e. The number of aryl methyl sites for hydroxylation is 2. The lowest BCUT2D eigenvalue weighted by molar-refractivity contribution is -0.121. The van der Waals surface area contributed by atoms with Crippen LogP contribution in [0.15, 0.2) is 36.9 Å². The number of carbonyl (C=O) groups is 1. The molecule has 0 spiro atoms. The van der Waals surface area contributed by atoms with Gasteiger partial charge in [-0.05, 0) is 24.5 Å². The van der Waals surface area contributed by atoms with Crippen LogP contribution < -0.4 is 5.32 Å². The Morgan fingerprint density at radius 2 is 2.30 bits per heavy atom. The Kier molecular flexibility index (Phi) is 5.29. The minimum atomic E-state index is 0.0416. The quantitative estimate of drug-likeness (QED) is 0.838. The summed E-state index contributed by atoms with van der Waals surface area (Å²) in [5.74, 6) is 0.946. The molecule has 2 rings (SSSR count). The van der Waals surface area contributed by atoms with Gasteiger partial charge in [0, 0.05) is 37.8 Å². The highest BCUT2D eigenvalue weighted by molar-refractivity contribution is 5.76. The number of hydrogen-bond acceptors (Lipinski definition) is 3. The molecule has 2 aromatic heterocycles. The largest absolute Gasteiger partial charge is 0.349 e. The lowest BCUT2D eigenvalue weighted by atomic mass is 10.1. The summed E-state index contributed by atoms with van der Waals surface area (Å²) in [5, 5.41) is 2.91. The number of amides is 1. The van der Waals surface area contributed by atoms with E-state index in [1.807, 2.05) is 18.3 Å². The summed E-state index contributed by atoms with van der Waals surface area (Å²) >= 11 is 0. The van der Waals surface area contributed by atoms with Crippen molar-refractivity contribution < 1.29 is 4.79 Å². The van der Waals surface area contributed by atoms with E-state index in [4.69, 9.17) is 0 Å². The van der Waals surface area contributed by atoms with E-state index in [0.29, 0.717) is 19.4 Å². The lowest BCUT2D eigenvalue weighted by Gasteiger charge is -2.08. The third kappa shape index (κ3) is 4.19. The molecule has 0 aliphatic heterocycles. The number of pyridine rings is 1. The monoisotopic (exact) mass is 272 g/mol. The van der Waals surface area contributed by atoms with Gasteiger partial charge in [0.1, 0.15) is 5.82 Å². The van der Waals surface area contributed by atoms with Crippen LogP contribution in [0.5, 0.6) is 0 Å². The molecule has 1 N–H and O–H groups in total. The fourth-order valence-corrected chi connectivity index (χ4v) is 2.02. The van der Waals surface area contributed by atoms with Gasteiger partial charge in [0.25, 0.3) is 0 Å². The van der Waals surface area contributed by atoms with Crippen LogP contribution in [-0.4, -0.2) is 20.4 Å². The van der Waals surface area contributed by atoms with E-state index >= 15 is 0 Å². The Morgan fingerprint density at radius 3 is 3.05 bits per heavy atom. The van der Waals surface area contributed by atoms with Gasteiger partial charge >= 0.3 is 0 Å². The molecule has 0 aliphatic carbocycles. The van der Waals surface area contributed by atoms with Crippen molar-refractivity contribution >= 4 is 5.91 Å². The van der Waals surface area contributed by atoms with Crippen molar-refractivity contribution in [2.45, 2.75) is 39.3 Å². The highest BCUT2D eigenvalue weighted by atomic mass is 16.1. The molecule has 1 amide bonds. The molecule has 0 aromatic carbocycles. The first kappa shape index (κ1) is 14.2. The summed E-state index contributed by atoms with van der Waals surface area (Å²) < 4.78 is 2.07. The van der Waals surface area contributed by atoms with Crippen molar-refractivity contribution in [3.8, 4) is 0 Å². The summed E-state index contributed by atoms with van der Waals surface area (Å²) in [6, 6.07) is 3.86. The van der Waals surface area contributed by atoms with Crippen LogP contribution in [-0.2, 0) is 24.3 Å². The maximum atomic E-state index is 11.8. The molecule has 20 heavy (non-hydrogen) atoms. The summed E-state index contributed by atoms with van der Waals surface area (Å²) in [5.41, 5.74) is 1.08. The Morgan fingerprint density at radius 1 is 1.40 bits per heavy atom. The van der Waals surface area contributed by atoms with Gasteiger partial charge in [-0.15, -0.1) is 0 Å². The van der Waals surface area contributed by atoms with Crippen LogP contribution in [0, 0.1) is 0 Å². The third-order valence-corrected chi connectivity index (χ3v) is 3.07. The van der Waals surface area contributed by atoms with Crippen molar-refractivity contribution in [2.75, 3.05) is 0 Å². The van der Waals surface area contributed by atoms with Crippen molar-refractivity contribution in [2.24, 2.45) is 0 Å². The fourth-order valence-electron chi connectivity index (χ4n) is 2.02. The maximum absolute atomic E-state index is 11.8. The molecule has 5 heteroatoms. The molecule has 2 heterocycles. The minimum absolute atomic E-state index is 0.0416. The second kappa shape index (κ2) is 7.43. The van der Waals surface area contributed by atoms with Crippen LogP contribution in [0.1, 0.15) is 31.2 Å². The van der Waals surface area contributed by atoms with Gasteiger partial charge in [0.05, 0.1) is 6.54 Å². The summed E-state index contributed by atoms with van der Waals surface area (Å²) in [6.07, 6.45) is 9.48. The Labute approximate surface area is 119 Å². The smallest absolute Gasteiger partial charge is 0.220 e. The fraction of sp³-hybridized carbons (Fsp3) is 0.400. The first-order chi connectivity index (χ1) is 9.79. The van der Waals surface area contributed by atoms with Crippen molar-refractivity contribution in [1.82, 2.24) is 19.9 Å². The SMILES string of the molecule is CCCn1ccnc1CNC(=O)CCc1cccnc1. The average molecular weight is 272 g/mol. The Bertz CT molecular complexity index is 536. The van der Waals surface area contributed by atoms with Gasteiger partial charge in [-0.2, -0.15) is 0 Å². The standard InChI is InChI=1S/C15H20N4O/c1-2-9-19-10-8-17-14(19)12-18-15(20)6-5-13-4-3-7-16-11-13/h3-4,7-8,10-11H,2,5-6,9,12H2,1H3,(H,18,20). The predicted molar refractivity (Wildman–Crippen MR) is 76.9 cm³/mol. The van der Waals surface area contributed by atoms with Gasteiger partial charge in [-0.25, -0.2) is 4.98 Å². The zero-order valence-electron chi connectivity index (χ0n) is 11.7. The van der Waals surface area contributed by atoms with Gasteiger partial charge in [0.2, 0.25) is 5.91 Å². The van der Waals surface area contributed by atoms with E-state index in [-0.39, 0.29) is 5.91 Å². The van der Waals surface area contributed by atoms with Gasteiger partial charge < -0.3 is 9.88 Å². The maximum Gasteiger partial charge on any atom is 0.220 e.